The Morgan fingerprint density at radius 2 is 1.84 bits per heavy atom. The van der Waals surface area contributed by atoms with Crippen LogP contribution in [0.25, 0.3) is 11.3 Å². The van der Waals surface area contributed by atoms with Crippen LogP contribution in [0.1, 0.15) is 34.3 Å². The summed E-state index contributed by atoms with van der Waals surface area (Å²) in [7, 11) is 1.41. The highest BCUT2D eigenvalue weighted by molar-refractivity contribution is 6.03. The molecule has 0 aliphatic heterocycles. The van der Waals surface area contributed by atoms with Crippen LogP contribution in [0, 0.1) is 10.1 Å². The molecule has 0 atom stereocenters. The fourth-order valence-corrected chi connectivity index (χ4v) is 2.76. The second-order valence-corrected chi connectivity index (χ2v) is 6.47. The lowest BCUT2D eigenvalue weighted by molar-refractivity contribution is -0.384. The van der Waals surface area contributed by atoms with Gasteiger partial charge in [0.15, 0.2) is 5.76 Å². The predicted octanol–water partition coefficient (Wildman–Crippen LogP) is 4.68. The number of rotatable bonds is 8. The van der Waals surface area contributed by atoms with Crippen molar-refractivity contribution in [2.45, 2.75) is 13.3 Å². The lowest BCUT2D eigenvalue weighted by atomic mass is 10.1. The molecule has 0 aliphatic rings. The average Bonchev–Trinajstić information content (AvgIpc) is 3.27. The number of amides is 1. The van der Waals surface area contributed by atoms with Crippen LogP contribution in [0.15, 0.2) is 59.0 Å². The monoisotopic (exact) mass is 424 g/mol. The molecule has 0 saturated heterocycles. The van der Waals surface area contributed by atoms with Crippen LogP contribution in [0.4, 0.5) is 11.4 Å². The van der Waals surface area contributed by atoms with Gasteiger partial charge in [-0.25, -0.2) is 4.79 Å². The van der Waals surface area contributed by atoms with Crippen LogP contribution in [0.5, 0.6) is 5.75 Å². The number of carbonyl (C=O) groups is 2. The number of esters is 1. The van der Waals surface area contributed by atoms with Gasteiger partial charge in [-0.3, -0.25) is 14.9 Å². The standard InChI is InChI=1S/C22H20N2O7/c1-3-12-30-22(26)14-4-6-15(7-5-14)23-21(25)20-11-10-19(31-20)17-9-8-16(29-2)13-18(17)24(27)28/h4-11,13H,3,12H2,1-2H3,(H,23,25). The topological polar surface area (TPSA) is 121 Å². The molecule has 0 unspecified atom stereocenters. The predicted molar refractivity (Wildman–Crippen MR) is 112 cm³/mol. The van der Waals surface area contributed by atoms with E-state index in [1.165, 1.54) is 31.4 Å². The zero-order chi connectivity index (χ0) is 22.4. The number of nitro groups is 1. The Morgan fingerprint density at radius 3 is 2.48 bits per heavy atom. The molecule has 0 aliphatic carbocycles. The number of benzene rings is 2. The summed E-state index contributed by atoms with van der Waals surface area (Å²) in [4.78, 5) is 35.1. The number of methoxy groups -OCH3 is 1. The van der Waals surface area contributed by atoms with E-state index in [1.54, 1.807) is 30.3 Å². The molecule has 1 amide bonds. The Bertz CT molecular complexity index is 1100. The van der Waals surface area contributed by atoms with Gasteiger partial charge in [-0.15, -0.1) is 0 Å². The fourth-order valence-electron chi connectivity index (χ4n) is 2.76. The van der Waals surface area contributed by atoms with Gasteiger partial charge in [0.1, 0.15) is 11.5 Å². The van der Waals surface area contributed by atoms with E-state index in [4.69, 9.17) is 13.9 Å². The highest BCUT2D eigenvalue weighted by Gasteiger charge is 2.21. The first-order valence-electron chi connectivity index (χ1n) is 9.44. The molecular weight excluding hydrogens is 404 g/mol. The maximum atomic E-state index is 12.5. The Hall–Kier alpha value is -4.14. The number of furan rings is 1. The van der Waals surface area contributed by atoms with E-state index in [-0.39, 0.29) is 22.8 Å². The van der Waals surface area contributed by atoms with E-state index in [0.717, 1.165) is 6.42 Å². The molecule has 3 rings (SSSR count). The van der Waals surface area contributed by atoms with Gasteiger partial charge in [-0.1, -0.05) is 6.92 Å². The number of carbonyl (C=O) groups excluding carboxylic acids is 2. The second kappa shape index (κ2) is 9.57. The Morgan fingerprint density at radius 1 is 1.10 bits per heavy atom. The molecule has 0 fully saturated rings. The van der Waals surface area contributed by atoms with Gasteiger partial charge >= 0.3 is 5.97 Å². The molecular formula is C22H20N2O7. The minimum Gasteiger partial charge on any atom is -0.497 e. The van der Waals surface area contributed by atoms with Crippen molar-refractivity contribution < 1.29 is 28.4 Å². The molecule has 9 nitrogen and oxygen atoms in total. The van der Waals surface area contributed by atoms with Gasteiger partial charge < -0.3 is 19.2 Å². The van der Waals surface area contributed by atoms with Crippen molar-refractivity contribution in [2.24, 2.45) is 0 Å². The van der Waals surface area contributed by atoms with Gasteiger partial charge in [0.25, 0.3) is 11.6 Å². The molecule has 9 heteroatoms. The lowest BCUT2D eigenvalue weighted by Gasteiger charge is -2.06. The molecule has 1 aromatic heterocycles. The van der Waals surface area contributed by atoms with Crippen LogP contribution >= 0.6 is 0 Å². The summed E-state index contributed by atoms with van der Waals surface area (Å²) in [6.07, 6.45) is 0.727. The van der Waals surface area contributed by atoms with Crippen molar-refractivity contribution in [1.29, 1.82) is 0 Å². The first kappa shape index (κ1) is 21.6. The number of nitrogens with one attached hydrogen (secondary N) is 1. The Balaban J connectivity index is 1.74. The third-order valence-electron chi connectivity index (χ3n) is 4.31. The van der Waals surface area contributed by atoms with Gasteiger partial charge in [-0.2, -0.15) is 0 Å². The van der Waals surface area contributed by atoms with Gasteiger partial charge in [0, 0.05) is 5.69 Å². The van der Waals surface area contributed by atoms with Crippen LogP contribution < -0.4 is 10.1 Å². The van der Waals surface area contributed by atoms with Crippen molar-refractivity contribution in [3.8, 4) is 17.1 Å². The van der Waals surface area contributed by atoms with Crippen LogP contribution in [0.3, 0.4) is 0 Å². The Labute approximate surface area is 177 Å². The van der Waals surface area contributed by atoms with Crippen molar-refractivity contribution in [2.75, 3.05) is 19.0 Å². The average molecular weight is 424 g/mol. The van der Waals surface area contributed by atoms with E-state index in [9.17, 15) is 19.7 Å². The second-order valence-electron chi connectivity index (χ2n) is 6.47. The summed E-state index contributed by atoms with van der Waals surface area (Å²) in [5, 5.41) is 14.0. The van der Waals surface area contributed by atoms with E-state index in [1.807, 2.05) is 6.92 Å². The normalized spacial score (nSPS) is 10.4. The molecule has 31 heavy (non-hydrogen) atoms. The van der Waals surface area contributed by atoms with E-state index >= 15 is 0 Å². The first-order chi connectivity index (χ1) is 14.9. The summed E-state index contributed by atoms with van der Waals surface area (Å²) in [5.74, 6) is -0.484. The zero-order valence-electron chi connectivity index (χ0n) is 16.9. The third-order valence-corrected chi connectivity index (χ3v) is 4.31. The summed E-state index contributed by atoms with van der Waals surface area (Å²) < 4.78 is 15.6. The van der Waals surface area contributed by atoms with Crippen LogP contribution in [-0.4, -0.2) is 30.5 Å². The quantitative estimate of drug-likeness (QED) is 0.316. The molecule has 3 aromatic rings. The zero-order valence-corrected chi connectivity index (χ0v) is 16.9. The van der Waals surface area contributed by atoms with E-state index < -0.39 is 16.8 Å². The number of hydrogen-bond acceptors (Lipinski definition) is 7. The van der Waals surface area contributed by atoms with Crippen LogP contribution in [0.2, 0.25) is 0 Å². The van der Waals surface area contributed by atoms with Crippen molar-refractivity contribution >= 4 is 23.3 Å². The summed E-state index contributed by atoms with van der Waals surface area (Å²) >= 11 is 0. The van der Waals surface area contributed by atoms with Crippen molar-refractivity contribution in [1.82, 2.24) is 0 Å². The smallest absolute Gasteiger partial charge is 0.338 e. The number of nitro benzene ring substituents is 1. The maximum absolute atomic E-state index is 12.5. The molecule has 0 saturated carbocycles. The lowest BCUT2D eigenvalue weighted by Crippen LogP contribution is -2.11. The van der Waals surface area contributed by atoms with Crippen molar-refractivity contribution in [3.05, 3.63) is 76.0 Å². The van der Waals surface area contributed by atoms with E-state index in [2.05, 4.69) is 5.32 Å². The minimum atomic E-state index is -0.548. The molecule has 1 heterocycles. The summed E-state index contributed by atoms with van der Waals surface area (Å²) in [6, 6.07) is 13.5. The number of hydrogen-bond donors (Lipinski definition) is 1. The molecule has 0 radical (unpaired) electrons. The Kier molecular flexibility index (Phi) is 6.66. The number of anilines is 1. The maximum Gasteiger partial charge on any atom is 0.338 e. The molecule has 1 N–H and O–H groups in total. The fraction of sp³-hybridized carbons (Fsp3) is 0.182. The largest absolute Gasteiger partial charge is 0.497 e. The molecule has 0 spiro atoms. The number of nitrogens with zero attached hydrogens (tertiary/aromatic N) is 1. The van der Waals surface area contributed by atoms with Crippen molar-refractivity contribution in [3.63, 3.8) is 0 Å². The highest BCUT2D eigenvalue weighted by atomic mass is 16.6. The molecule has 0 bridgehead atoms. The number of ether oxygens (including phenoxy) is 2. The van der Waals surface area contributed by atoms with Gasteiger partial charge in [0.05, 0.1) is 35.8 Å². The van der Waals surface area contributed by atoms with Gasteiger partial charge in [0.2, 0.25) is 0 Å². The molecule has 2 aromatic carbocycles. The first-order valence-corrected chi connectivity index (χ1v) is 9.44. The third kappa shape index (κ3) is 5.08. The SMILES string of the molecule is CCCOC(=O)c1ccc(NC(=O)c2ccc(-c3ccc(OC)cc3[N+](=O)[O-])o2)cc1. The van der Waals surface area contributed by atoms with Crippen LogP contribution in [-0.2, 0) is 4.74 Å². The minimum absolute atomic E-state index is 0.0217. The molecule has 160 valence electrons. The van der Waals surface area contributed by atoms with E-state index in [0.29, 0.717) is 23.6 Å². The van der Waals surface area contributed by atoms with Gasteiger partial charge in [-0.05, 0) is 55.0 Å². The summed E-state index contributed by atoms with van der Waals surface area (Å²) in [6.45, 7) is 2.24. The highest BCUT2D eigenvalue weighted by Crippen LogP contribution is 2.34. The summed E-state index contributed by atoms with van der Waals surface area (Å²) in [5.41, 5.74) is 0.843.